The minimum Gasteiger partial charge on any atom is -0.372 e. The van der Waals surface area contributed by atoms with Crippen molar-refractivity contribution in [1.29, 1.82) is 0 Å². The molecule has 5 nitrogen and oxygen atoms in total. The molecule has 1 N–H and O–H groups in total. The molecular weight excluding hydrogens is 276 g/mol. The molecule has 1 saturated heterocycles. The van der Waals surface area contributed by atoms with E-state index in [1.54, 1.807) is 10.9 Å². The third-order valence-corrected chi connectivity index (χ3v) is 4.10. The molecular formula is C17H22N4O. The van der Waals surface area contributed by atoms with E-state index < -0.39 is 0 Å². The highest BCUT2D eigenvalue weighted by Gasteiger charge is 2.14. The Morgan fingerprint density at radius 1 is 1.14 bits per heavy atom. The molecule has 1 aliphatic heterocycles. The van der Waals surface area contributed by atoms with Gasteiger partial charge in [0.15, 0.2) is 0 Å². The molecule has 1 fully saturated rings. The van der Waals surface area contributed by atoms with Crippen molar-refractivity contribution in [3.63, 3.8) is 0 Å². The topological polar surface area (TPSA) is 50.2 Å². The van der Waals surface area contributed by atoms with E-state index in [0.717, 1.165) is 24.5 Å². The zero-order valence-electron chi connectivity index (χ0n) is 13.2. The van der Waals surface area contributed by atoms with Gasteiger partial charge in [0.2, 0.25) is 0 Å². The Bertz CT molecular complexity index is 654. The highest BCUT2D eigenvalue weighted by molar-refractivity contribution is 6.04. The standard InChI is InChI=1S/C17H22N4O/c1-13-16(12-20(2)19-13)17(22)18-14-6-8-15(9-7-14)21-10-4-3-5-11-21/h6-9,12H,3-5,10-11H2,1-2H3,(H,18,22). The maximum absolute atomic E-state index is 12.3. The first-order valence-corrected chi connectivity index (χ1v) is 7.80. The number of amides is 1. The molecule has 0 atom stereocenters. The predicted molar refractivity (Wildman–Crippen MR) is 88.4 cm³/mol. The maximum atomic E-state index is 12.3. The van der Waals surface area contributed by atoms with E-state index in [2.05, 4.69) is 27.4 Å². The van der Waals surface area contributed by atoms with Crippen LogP contribution in [-0.4, -0.2) is 28.8 Å². The van der Waals surface area contributed by atoms with Crippen molar-refractivity contribution in [1.82, 2.24) is 9.78 Å². The number of aromatic nitrogens is 2. The average Bonchev–Trinajstić information content (AvgIpc) is 2.88. The zero-order valence-corrected chi connectivity index (χ0v) is 13.2. The summed E-state index contributed by atoms with van der Waals surface area (Å²) in [5.41, 5.74) is 3.40. The lowest BCUT2D eigenvalue weighted by Crippen LogP contribution is -2.29. The molecule has 3 rings (SSSR count). The molecule has 1 aliphatic rings. The van der Waals surface area contributed by atoms with Crippen LogP contribution >= 0.6 is 0 Å². The van der Waals surface area contributed by atoms with E-state index in [1.165, 1.54) is 24.9 Å². The van der Waals surface area contributed by atoms with Crippen LogP contribution in [-0.2, 0) is 7.05 Å². The first-order chi connectivity index (χ1) is 10.6. The lowest BCUT2D eigenvalue weighted by atomic mass is 10.1. The Morgan fingerprint density at radius 3 is 2.41 bits per heavy atom. The number of benzene rings is 1. The number of nitrogens with one attached hydrogen (secondary N) is 1. The van der Waals surface area contributed by atoms with Gasteiger partial charge in [-0.15, -0.1) is 0 Å². The van der Waals surface area contributed by atoms with Crippen LogP contribution in [0.5, 0.6) is 0 Å². The van der Waals surface area contributed by atoms with Gasteiger partial charge in [-0.05, 0) is 50.5 Å². The number of anilines is 2. The maximum Gasteiger partial charge on any atom is 0.259 e. The van der Waals surface area contributed by atoms with Crippen molar-refractivity contribution in [3.8, 4) is 0 Å². The van der Waals surface area contributed by atoms with Gasteiger partial charge in [-0.2, -0.15) is 5.10 Å². The minimum absolute atomic E-state index is 0.115. The normalized spacial score (nSPS) is 14.9. The minimum atomic E-state index is -0.115. The van der Waals surface area contributed by atoms with Crippen LogP contribution in [0.25, 0.3) is 0 Å². The average molecular weight is 298 g/mol. The molecule has 0 unspecified atom stereocenters. The molecule has 1 amide bonds. The van der Waals surface area contributed by atoms with Crippen molar-refractivity contribution < 1.29 is 4.79 Å². The van der Waals surface area contributed by atoms with Crippen LogP contribution in [0, 0.1) is 6.92 Å². The lowest BCUT2D eigenvalue weighted by Gasteiger charge is -2.28. The van der Waals surface area contributed by atoms with E-state index in [0.29, 0.717) is 5.56 Å². The second kappa shape index (κ2) is 6.22. The Balaban J connectivity index is 1.68. The summed E-state index contributed by atoms with van der Waals surface area (Å²) in [6.07, 6.45) is 5.60. The summed E-state index contributed by atoms with van der Waals surface area (Å²) in [4.78, 5) is 14.7. The third-order valence-electron chi connectivity index (χ3n) is 4.10. The van der Waals surface area contributed by atoms with Crippen LogP contribution in [0.4, 0.5) is 11.4 Å². The van der Waals surface area contributed by atoms with Crippen LogP contribution in [0.2, 0.25) is 0 Å². The van der Waals surface area contributed by atoms with Crippen molar-refractivity contribution in [2.24, 2.45) is 7.05 Å². The van der Waals surface area contributed by atoms with E-state index in [1.807, 2.05) is 26.1 Å². The first kappa shape index (κ1) is 14.6. The van der Waals surface area contributed by atoms with Gasteiger partial charge in [-0.3, -0.25) is 9.48 Å². The van der Waals surface area contributed by atoms with Crippen molar-refractivity contribution >= 4 is 17.3 Å². The fraction of sp³-hybridized carbons (Fsp3) is 0.412. The molecule has 0 radical (unpaired) electrons. The van der Waals surface area contributed by atoms with Gasteiger partial charge >= 0.3 is 0 Å². The fourth-order valence-electron chi connectivity index (χ4n) is 2.93. The van der Waals surface area contributed by atoms with Gasteiger partial charge in [0.05, 0.1) is 11.3 Å². The molecule has 1 aromatic heterocycles. The summed E-state index contributed by atoms with van der Waals surface area (Å²) in [7, 11) is 1.82. The van der Waals surface area contributed by atoms with Crippen LogP contribution in [0.1, 0.15) is 35.3 Å². The van der Waals surface area contributed by atoms with Gasteiger partial charge in [0, 0.05) is 37.7 Å². The molecule has 0 bridgehead atoms. The number of aryl methyl sites for hydroxylation is 2. The van der Waals surface area contributed by atoms with Gasteiger partial charge in [-0.1, -0.05) is 0 Å². The van der Waals surface area contributed by atoms with E-state index in [4.69, 9.17) is 0 Å². The van der Waals surface area contributed by atoms with Gasteiger partial charge < -0.3 is 10.2 Å². The number of carbonyl (C=O) groups excluding carboxylic acids is 1. The predicted octanol–water partition coefficient (Wildman–Crippen LogP) is 2.97. The molecule has 2 aromatic rings. The fourth-order valence-corrected chi connectivity index (χ4v) is 2.93. The molecule has 2 heterocycles. The third kappa shape index (κ3) is 3.13. The van der Waals surface area contributed by atoms with Crippen molar-refractivity contribution in [2.75, 3.05) is 23.3 Å². The van der Waals surface area contributed by atoms with Crippen molar-refractivity contribution in [2.45, 2.75) is 26.2 Å². The zero-order chi connectivity index (χ0) is 15.5. The van der Waals surface area contributed by atoms with Crippen LogP contribution in [0.3, 0.4) is 0 Å². The molecule has 0 spiro atoms. The summed E-state index contributed by atoms with van der Waals surface area (Å²) in [5, 5.41) is 7.13. The highest BCUT2D eigenvalue weighted by Crippen LogP contribution is 2.22. The molecule has 0 aliphatic carbocycles. The summed E-state index contributed by atoms with van der Waals surface area (Å²) in [6.45, 7) is 4.09. The van der Waals surface area contributed by atoms with Crippen molar-refractivity contribution in [3.05, 3.63) is 41.7 Å². The largest absolute Gasteiger partial charge is 0.372 e. The Kier molecular flexibility index (Phi) is 4.13. The molecule has 1 aromatic carbocycles. The summed E-state index contributed by atoms with van der Waals surface area (Å²) < 4.78 is 1.66. The van der Waals surface area contributed by atoms with E-state index in [9.17, 15) is 4.79 Å². The SMILES string of the molecule is Cc1nn(C)cc1C(=O)Nc1ccc(N2CCCCC2)cc1. The van der Waals surface area contributed by atoms with Gasteiger partial charge in [-0.25, -0.2) is 0 Å². The summed E-state index contributed by atoms with van der Waals surface area (Å²) >= 11 is 0. The second-order valence-electron chi connectivity index (χ2n) is 5.85. The second-order valence-corrected chi connectivity index (χ2v) is 5.85. The summed E-state index contributed by atoms with van der Waals surface area (Å²) in [6, 6.07) is 8.09. The summed E-state index contributed by atoms with van der Waals surface area (Å²) in [5.74, 6) is -0.115. The number of hydrogen-bond acceptors (Lipinski definition) is 3. The lowest BCUT2D eigenvalue weighted by molar-refractivity contribution is 0.102. The molecule has 116 valence electrons. The number of carbonyl (C=O) groups is 1. The van der Waals surface area contributed by atoms with Gasteiger partial charge in [0.25, 0.3) is 5.91 Å². The first-order valence-electron chi connectivity index (χ1n) is 7.80. The van der Waals surface area contributed by atoms with E-state index >= 15 is 0 Å². The van der Waals surface area contributed by atoms with E-state index in [-0.39, 0.29) is 5.91 Å². The Morgan fingerprint density at radius 2 is 1.82 bits per heavy atom. The quantitative estimate of drug-likeness (QED) is 0.947. The van der Waals surface area contributed by atoms with Gasteiger partial charge in [0.1, 0.15) is 0 Å². The number of hydrogen-bond donors (Lipinski definition) is 1. The molecule has 22 heavy (non-hydrogen) atoms. The highest BCUT2D eigenvalue weighted by atomic mass is 16.1. The Hall–Kier alpha value is -2.30. The number of rotatable bonds is 3. The number of piperidine rings is 1. The molecule has 0 saturated carbocycles. The smallest absolute Gasteiger partial charge is 0.259 e. The van der Waals surface area contributed by atoms with Crippen LogP contribution in [0.15, 0.2) is 30.5 Å². The molecule has 5 heteroatoms. The monoisotopic (exact) mass is 298 g/mol. The Labute approximate surface area is 130 Å². The number of nitrogens with zero attached hydrogens (tertiary/aromatic N) is 3. The van der Waals surface area contributed by atoms with Crippen LogP contribution < -0.4 is 10.2 Å².